The van der Waals surface area contributed by atoms with Gasteiger partial charge in [0.1, 0.15) is 0 Å². The average molecular weight is 291 g/mol. The molecule has 1 atom stereocenters. The van der Waals surface area contributed by atoms with E-state index in [-0.39, 0.29) is 0 Å². The smallest absolute Gasteiger partial charge is 0.0410 e. The van der Waals surface area contributed by atoms with Crippen molar-refractivity contribution in [1.82, 2.24) is 5.32 Å². The van der Waals surface area contributed by atoms with E-state index in [9.17, 15) is 0 Å². The SMILES string of the molecule is CC(C)[C@@H](C)NCc1cc(Cl)ccc1Br. The maximum absolute atomic E-state index is 5.95. The van der Waals surface area contributed by atoms with Crippen LogP contribution in [0.1, 0.15) is 26.3 Å². The highest BCUT2D eigenvalue weighted by Crippen LogP contribution is 2.21. The lowest BCUT2D eigenvalue weighted by molar-refractivity contribution is 0.426. The van der Waals surface area contributed by atoms with E-state index in [4.69, 9.17) is 11.6 Å². The van der Waals surface area contributed by atoms with E-state index in [1.165, 1.54) is 5.56 Å². The molecule has 1 nitrogen and oxygen atoms in total. The zero-order valence-electron chi connectivity index (χ0n) is 9.35. The molecule has 0 aliphatic carbocycles. The van der Waals surface area contributed by atoms with E-state index in [0.29, 0.717) is 12.0 Å². The molecule has 0 radical (unpaired) electrons. The van der Waals surface area contributed by atoms with Crippen LogP contribution in [-0.4, -0.2) is 6.04 Å². The molecule has 0 heterocycles. The standard InChI is InChI=1S/C12H17BrClN/c1-8(2)9(3)15-7-10-6-11(14)4-5-12(10)13/h4-6,8-9,15H,7H2,1-3H3/t9-/m1/s1. The molecule has 1 aromatic carbocycles. The third-order valence-corrected chi connectivity index (χ3v) is 3.63. The molecular formula is C12H17BrClN. The second-order valence-corrected chi connectivity index (χ2v) is 5.44. The monoisotopic (exact) mass is 289 g/mol. The predicted octanol–water partition coefficient (Wildman–Crippen LogP) is 4.24. The number of rotatable bonds is 4. The molecule has 3 heteroatoms. The van der Waals surface area contributed by atoms with Crippen molar-refractivity contribution in [3.63, 3.8) is 0 Å². The quantitative estimate of drug-likeness (QED) is 0.875. The predicted molar refractivity (Wildman–Crippen MR) is 70.3 cm³/mol. The molecule has 1 rings (SSSR count). The van der Waals surface area contributed by atoms with Crippen molar-refractivity contribution in [2.75, 3.05) is 0 Å². The van der Waals surface area contributed by atoms with Gasteiger partial charge in [-0.25, -0.2) is 0 Å². The molecule has 0 spiro atoms. The van der Waals surface area contributed by atoms with Crippen LogP contribution >= 0.6 is 27.5 Å². The molecule has 1 aromatic rings. The highest BCUT2D eigenvalue weighted by atomic mass is 79.9. The summed E-state index contributed by atoms with van der Waals surface area (Å²) in [5.74, 6) is 0.642. The van der Waals surface area contributed by atoms with E-state index >= 15 is 0 Å². The molecule has 0 aromatic heterocycles. The molecule has 0 saturated carbocycles. The molecule has 0 unspecified atom stereocenters. The Labute approximate surface area is 105 Å². The maximum atomic E-state index is 5.95. The van der Waals surface area contributed by atoms with Crippen molar-refractivity contribution in [3.8, 4) is 0 Å². The topological polar surface area (TPSA) is 12.0 Å². The van der Waals surface area contributed by atoms with Crippen molar-refractivity contribution in [3.05, 3.63) is 33.3 Å². The van der Waals surface area contributed by atoms with Gasteiger partial charge in [-0.1, -0.05) is 41.4 Å². The Bertz CT molecular complexity index is 325. The Morgan fingerprint density at radius 3 is 2.60 bits per heavy atom. The molecule has 1 N–H and O–H groups in total. The Morgan fingerprint density at radius 1 is 1.33 bits per heavy atom. The number of hydrogen-bond acceptors (Lipinski definition) is 1. The fourth-order valence-corrected chi connectivity index (χ4v) is 1.77. The van der Waals surface area contributed by atoms with E-state index < -0.39 is 0 Å². The first-order valence-corrected chi connectivity index (χ1v) is 6.35. The lowest BCUT2D eigenvalue weighted by Crippen LogP contribution is -2.30. The first-order chi connectivity index (χ1) is 7.00. The molecule has 0 amide bonds. The molecule has 0 aliphatic rings. The fraction of sp³-hybridized carbons (Fsp3) is 0.500. The van der Waals surface area contributed by atoms with Crippen LogP contribution in [0.2, 0.25) is 5.02 Å². The molecule has 15 heavy (non-hydrogen) atoms. The average Bonchev–Trinajstić information content (AvgIpc) is 2.18. The summed E-state index contributed by atoms with van der Waals surface area (Å²) in [7, 11) is 0. The summed E-state index contributed by atoms with van der Waals surface area (Å²) in [6, 6.07) is 6.38. The van der Waals surface area contributed by atoms with Crippen LogP contribution in [0.3, 0.4) is 0 Å². The number of hydrogen-bond donors (Lipinski definition) is 1. The van der Waals surface area contributed by atoms with Gasteiger partial charge in [0.15, 0.2) is 0 Å². The van der Waals surface area contributed by atoms with Gasteiger partial charge < -0.3 is 5.32 Å². The Balaban J connectivity index is 2.61. The van der Waals surface area contributed by atoms with Crippen molar-refractivity contribution in [2.24, 2.45) is 5.92 Å². The minimum absolute atomic E-state index is 0.510. The Kier molecular flexibility index (Phi) is 5.10. The summed E-state index contributed by atoms with van der Waals surface area (Å²) in [6.45, 7) is 7.47. The summed E-state index contributed by atoms with van der Waals surface area (Å²) < 4.78 is 1.11. The second kappa shape index (κ2) is 5.88. The highest BCUT2D eigenvalue weighted by molar-refractivity contribution is 9.10. The van der Waals surface area contributed by atoms with Crippen molar-refractivity contribution < 1.29 is 0 Å². The van der Waals surface area contributed by atoms with E-state index in [0.717, 1.165) is 16.0 Å². The van der Waals surface area contributed by atoms with Crippen LogP contribution in [0, 0.1) is 5.92 Å². The van der Waals surface area contributed by atoms with Crippen LogP contribution in [-0.2, 0) is 6.54 Å². The van der Waals surface area contributed by atoms with E-state index in [2.05, 4.69) is 42.0 Å². The molecule has 0 fully saturated rings. The van der Waals surface area contributed by atoms with Crippen LogP contribution in [0.25, 0.3) is 0 Å². The van der Waals surface area contributed by atoms with Gasteiger partial charge in [0.25, 0.3) is 0 Å². The Morgan fingerprint density at radius 2 is 2.00 bits per heavy atom. The van der Waals surface area contributed by atoms with Gasteiger partial charge in [-0.05, 0) is 36.6 Å². The van der Waals surface area contributed by atoms with Crippen LogP contribution in [0.5, 0.6) is 0 Å². The summed E-state index contributed by atoms with van der Waals surface area (Å²) in [5.41, 5.74) is 1.20. The van der Waals surface area contributed by atoms with Crippen LogP contribution < -0.4 is 5.32 Å². The first kappa shape index (κ1) is 13.0. The number of nitrogens with one attached hydrogen (secondary N) is 1. The van der Waals surface area contributed by atoms with Gasteiger partial charge in [0.05, 0.1) is 0 Å². The van der Waals surface area contributed by atoms with Crippen molar-refractivity contribution >= 4 is 27.5 Å². The van der Waals surface area contributed by atoms with Gasteiger partial charge >= 0.3 is 0 Å². The van der Waals surface area contributed by atoms with Crippen LogP contribution in [0.4, 0.5) is 0 Å². The highest BCUT2D eigenvalue weighted by Gasteiger charge is 2.07. The molecule has 84 valence electrons. The fourth-order valence-electron chi connectivity index (χ4n) is 1.19. The molecule has 0 aliphatic heterocycles. The van der Waals surface area contributed by atoms with Crippen LogP contribution in [0.15, 0.2) is 22.7 Å². The first-order valence-electron chi connectivity index (χ1n) is 5.18. The van der Waals surface area contributed by atoms with Gasteiger partial charge in [0.2, 0.25) is 0 Å². The molecular weight excluding hydrogens is 273 g/mol. The number of halogens is 2. The minimum atomic E-state index is 0.510. The zero-order valence-corrected chi connectivity index (χ0v) is 11.7. The summed E-state index contributed by atoms with van der Waals surface area (Å²) in [5, 5.41) is 4.26. The van der Waals surface area contributed by atoms with Crippen molar-refractivity contribution in [1.29, 1.82) is 0 Å². The normalized spacial score (nSPS) is 13.2. The number of benzene rings is 1. The molecule has 0 saturated heterocycles. The summed E-state index contributed by atoms with van der Waals surface area (Å²) >= 11 is 9.47. The van der Waals surface area contributed by atoms with Gasteiger partial charge in [0, 0.05) is 22.1 Å². The summed E-state index contributed by atoms with van der Waals surface area (Å²) in [4.78, 5) is 0. The van der Waals surface area contributed by atoms with Gasteiger partial charge in [-0.2, -0.15) is 0 Å². The third kappa shape index (κ3) is 4.13. The van der Waals surface area contributed by atoms with E-state index in [1.54, 1.807) is 0 Å². The zero-order chi connectivity index (χ0) is 11.4. The Hall–Kier alpha value is -0.0500. The minimum Gasteiger partial charge on any atom is -0.310 e. The maximum Gasteiger partial charge on any atom is 0.0410 e. The molecule has 0 bridgehead atoms. The lowest BCUT2D eigenvalue weighted by atomic mass is 10.1. The van der Waals surface area contributed by atoms with Gasteiger partial charge in [-0.15, -0.1) is 0 Å². The second-order valence-electron chi connectivity index (χ2n) is 4.15. The lowest BCUT2D eigenvalue weighted by Gasteiger charge is -2.18. The largest absolute Gasteiger partial charge is 0.310 e. The summed E-state index contributed by atoms with van der Waals surface area (Å²) in [6.07, 6.45) is 0. The van der Waals surface area contributed by atoms with Crippen molar-refractivity contribution in [2.45, 2.75) is 33.4 Å². The van der Waals surface area contributed by atoms with E-state index in [1.807, 2.05) is 18.2 Å². The third-order valence-electron chi connectivity index (χ3n) is 2.62. The van der Waals surface area contributed by atoms with Gasteiger partial charge in [-0.3, -0.25) is 0 Å².